The average molecular weight is 587 g/mol. The lowest BCUT2D eigenvalue weighted by Crippen LogP contribution is -1.96. The molecule has 0 saturated heterocycles. The molecule has 0 fully saturated rings. The van der Waals surface area contributed by atoms with Crippen LogP contribution in [0, 0.1) is 0 Å². The van der Waals surface area contributed by atoms with Crippen LogP contribution >= 0.6 is 0 Å². The summed E-state index contributed by atoms with van der Waals surface area (Å²) in [5, 5.41) is 4.49. The predicted molar refractivity (Wildman–Crippen MR) is 189 cm³/mol. The Bertz CT molecular complexity index is 2580. The molecular weight excluding hydrogens is 560 g/mol. The van der Waals surface area contributed by atoms with Gasteiger partial charge in [0, 0.05) is 33.0 Å². The molecule has 9 aromatic rings. The minimum absolute atomic E-state index is 0.824. The van der Waals surface area contributed by atoms with Crippen molar-refractivity contribution in [1.82, 2.24) is 19.9 Å². The molecule has 0 amide bonds. The molecule has 4 heteroatoms. The van der Waals surface area contributed by atoms with Crippen molar-refractivity contribution in [2.24, 2.45) is 0 Å². The molecule has 3 heterocycles. The van der Waals surface area contributed by atoms with Crippen molar-refractivity contribution >= 4 is 43.6 Å². The van der Waals surface area contributed by atoms with Gasteiger partial charge in [0.2, 0.25) is 0 Å². The number of pyridine rings is 2. The summed E-state index contributed by atoms with van der Waals surface area (Å²) in [4.78, 5) is 20.7. The van der Waals surface area contributed by atoms with E-state index in [9.17, 15) is 0 Å². The van der Waals surface area contributed by atoms with E-state index in [0.717, 1.165) is 77.9 Å². The van der Waals surface area contributed by atoms with Gasteiger partial charge >= 0.3 is 0 Å². The van der Waals surface area contributed by atoms with Crippen LogP contribution in [0.25, 0.3) is 88.6 Å². The molecule has 4 nitrogen and oxygen atoms in total. The van der Waals surface area contributed by atoms with Gasteiger partial charge in [-0.25, -0.2) is 19.9 Å². The second kappa shape index (κ2) is 10.7. The van der Waals surface area contributed by atoms with E-state index in [4.69, 9.17) is 19.9 Å². The van der Waals surface area contributed by atoms with Gasteiger partial charge in [-0.15, -0.1) is 0 Å². The number of aromatic nitrogens is 4. The minimum atomic E-state index is 0.824. The highest BCUT2D eigenvalue weighted by atomic mass is 14.8. The third kappa shape index (κ3) is 4.56. The molecule has 46 heavy (non-hydrogen) atoms. The topological polar surface area (TPSA) is 51.6 Å². The summed E-state index contributed by atoms with van der Waals surface area (Å²) in [7, 11) is 0. The first kappa shape index (κ1) is 26.2. The van der Waals surface area contributed by atoms with Crippen LogP contribution in [0.4, 0.5) is 0 Å². The van der Waals surface area contributed by atoms with E-state index < -0.39 is 0 Å². The Kier molecular flexibility index (Phi) is 6.10. The second-order valence-electron chi connectivity index (χ2n) is 11.5. The fraction of sp³-hybridized carbons (Fsp3) is 0. The van der Waals surface area contributed by atoms with E-state index in [0.29, 0.717) is 0 Å². The zero-order valence-corrected chi connectivity index (χ0v) is 24.8. The number of rotatable bonds is 4. The van der Waals surface area contributed by atoms with Crippen LogP contribution in [0.5, 0.6) is 0 Å². The third-order valence-corrected chi connectivity index (χ3v) is 8.62. The van der Waals surface area contributed by atoms with Crippen molar-refractivity contribution in [2.75, 3.05) is 0 Å². The number of fused-ring (bicyclic) bond motifs is 5. The average Bonchev–Trinajstić information content (AvgIpc) is 3.14. The Morgan fingerprint density at radius 3 is 1.52 bits per heavy atom. The van der Waals surface area contributed by atoms with Gasteiger partial charge in [0.15, 0.2) is 0 Å². The van der Waals surface area contributed by atoms with Gasteiger partial charge in [0.25, 0.3) is 0 Å². The van der Waals surface area contributed by atoms with Crippen LogP contribution in [0.3, 0.4) is 0 Å². The molecule has 9 rings (SSSR count). The highest BCUT2D eigenvalue weighted by Crippen LogP contribution is 2.34. The van der Waals surface area contributed by atoms with Crippen LogP contribution < -0.4 is 0 Å². The molecule has 0 N–H and O–H groups in total. The van der Waals surface area contributed by atoms with E-state index in [1.165, 1.54) is 10.8 Å². The molecule has 0 spiro atoms. The molecule has 0 atom stereocenters. The summed E-state index contributed by atoms with van der Waals surface area (Å²) in [5.74, 6) is 0. The number of hydrogen-bond donors (Lipinski definition) is 0. The Morgan fingerprint density at radius 1 is 0.283 bits per heavy atom. The molecule has 0 radical (unpaired) electrons. The molecular formula is C42H26N4. The highest BCUT2D eigenvalue weighted by molar-refractivity contribution is 6.04. The highest BCUT2D eigenvalue weighted by Gasteiger charge is 2.15. The first-order valence-electron chi connectivity index (χ1n) is 15.4. The fourth-order valence-electron chi connectivity index (χ4n) is 6.25. The molecule has 0 aliphatic carbocycles. The zero-order valence-electron chi connectivity index (χ0n) is 24.8. The maximum Gasteiger partial charge on any atom is 0.0973 e. The van der Waals surface area contributed by atoms with Crippen LogP contribution in [0.2, 0.25) is 0 Å². The van der Waals surface area contributed by atoms with Crippen LogP contribution in [0.15, 0.2) is 158 Å². The quantitative estimate of drug-likeness (QED) is 0.193. The summed E-state index contributed by atoms with van der Waals surface area (Å²) in [6.45, 7) is 0. The van der Waals surface area contributed by atoms with Gasteiger partial charge in [-0.3, -0.25) is 0 Å². The van der Waals surface area contributed by atoms with Gasteiger partial charge in [-0.1, -0.05) is 127 Å². The molecule has 6 aromatic carbocycles. The minimum Gasteiger partial charge on any atom is -0.245 e. The fourth-order valence-corrected chi connectivity index (χ4v) is 6.25. The molecule has 0 saturated carbocycles. The summed E-state index contributed by atoms with van der Waals surface area (Å²) >= 11 is 0. The van der Waals surface area contributed by atoms with Gasteiger partial charge in [0.05, 0.1) is 44.8 Å². The van der Waals surface area contributed by atoms with Gasteiger partial charge in [-0.2, -0.15) is 0 Å². The first-order chi connectivity index (χ1) is 22.8. The number of nitrogens with zero attached hydrogens (tertiary/aromatic N) is 4. The molecule has 0 aliphatic heterocycles. The predicted octanol–water partition coefficient (Wildman–Crippen LogP) is 10.5. The van der Waals surface area contributed by atoms with Crippen molar-refractivity contribution < 1.29 is 0 Å². The van der Waals surface area contributed by atoms with Crippen LogP contribution in [-0.2, 0) is 0 Å². The van der Waals surface area contributed by atoms with Crippen LogP contribution in [-0.4, -0.2) is 19.9 Å². The Morgan fingerprint density at radius 2 is 0.804 bits per heavy atom. The lowest BCUT2D eigenvalue weighted by Gasteiger charge is -2.12. The summed E-state index contributed by atoms with van der Waals surface area (Å²) in [5.41, 5.74) is 11.1. The Hall–Kier alpha value is -6.26. The molecule has 3 aromatic heterocycles. The summed E-state index contributed by atoms with van der Waals surface area (Å²) < 4.78 is 0. The van der Waals surface area contributed by atoms with E-state index in [1.807, 2.05) is 36.4 Å². The lowest BCUT2D eigenvalue weighted by atomic mass is 10.00. The van der Waals surface area contributed by atoms with E-state index in [-0.39, 0.29) is 0 Å². The molecule has 0 unspecified atom stereocenters. The van der Waals surface area contributed by atoms with Crippen LogP contribution in [0.1, 0.15) is 0 Å². The molecule has 0 bridgehead atoms. The standard InChI is InChI=1S/C42H26N4/c1-3-10-28(11-4-1)35-22-19-30-16-17-31-20-23-36(44-41(31)40(30)43-35)33-21-24-37-38(26-33)46-42(39(45-37)29-12-5-2-6-13-29)34-18-15-27-9-7-8-14-32(27)25-34/h1-26H. The molecule has 214 valence electrons. The van der Waals surface area contributed by atoms with Gasteiger partial charge in [-0.05, 0) is 41.1 Å². The van der Waals surface area contributed by atoms with Crippen molar-refractivity contribution in [3.8, 4) is 45.0 Å². The normalized spacial score (nSPS) is 11.5. The SMILES string of the molecule is c1ccc(-c2ccc3ccc4ccc(-c5ccc6nc(-c7ccccc7)c(-c7ccc8ccccc8c7)nc6c5)nc4c3n2)cc1. The van der Waals surface area contributed by atoms with Gasteiger partial charge in [0.1, 0.15) is 0 Å². The third-order valence-electron chi connectivity index (χ3n) is 8.62. The monoisotopic (exact) mass is 586 g/mol. The first-order valence-corrected chi connectivity index (χ1v) is 15.4. The van der Waals surface area contributed by atoms with Gasteiger partial charge < -0.3 is 0 Å². The smallest absolute Gasteiger partial charge is 0.0973 e. The van der Waals surface area contributed by atoms with Crippen molar-refractivity contribution in [2.45, 2.75) is 0 Å². The van der Waals surface area contributed by atoms with Crippen molar-refractivity contribution in [3.63, 3.8) is 0 Å². The summed E-state index contributed by atoms with van der Waals surface area (Å²) in [6, 6.07) is 54.4. The Labute approximate surface area is 265 Å². The maximum absolute atomic E-state index is 5.27. The van der Waals surface area contributed by atoms with E-state index in [2.05, 4.69) is 121 Å². The maximum atomic E-state index is 5.27. The van der Waals surface area contributed by atoms with Crippen molar-refractivity contribution in [3.05, 3.63) is 158 Å². The second-order valence-corrected chi connectivity index (χ2v) is 11.5. The van der Waals surface area contributed by atoms with Crippen molar-refractivity contribution in [1.29, 1.82) is 0 Å². The number of hydrogen-bond acceptors (Lipinski definition) is 4. The largest absolute Gasteiger partial charge is 0.245 e. The molecule has 0 aliphatic rings. The Balaban J connectivity index is 1.21. The van der Waals surface area contributed by atoms with E-state index in [1.54, 1.807) is 0 Å². The number of benzene rings is 6. The van der Waals surface area contributed by atoms with E-state index >= 15 is 0 Å². The lowest BCUT2D eigenvalue weighted by molar-refractivity contribution is 1.29. The summed E-state index contributed by atoms with van der Waals surface area (Å²) in [6.07, 6.45) is 0. The zero-order chi connectivity index (χ0) is 30.5.